The Kier molecular flexibility index (Phi) is 5.92. The van der Waals surface area contributed by atoms with Crippen molar-refractivity contribution in [3.8, 4) is 17.4 Å². The molecule has 1 aliphatic heterocycles. The van der Waals surface area contributed by atoms with Gasteiger partial charge >= 0.3 is 0 Å². The highest BCUT2D eigenvalue weighted by Gasteiger charge is 2.51. The Morgan fingerprint density at radius 3 is 2.56 bits per heavy atom. The number of ether oxygens (including phenoxy) is 3. The SMILES string of the molecule is COc1ccc2ncc(F)c(C[C@H](O)C34CCC(NCc5cc6c(cn5)OCCO6)(CC3)CC4)c2n1. The molecule has 0 aromatic carbocycles. The van der Waals surface area contributed by atoms with Gasteiger partial charge in [0.15, 0.2) is 11.5 Å². The predicted molar refractivity (Wildman–Crippen MR) is 131 cm³/mol. The van der Waals surface area contributed by atoms with Gasteiger partial charge in [-0.05, 0) is 50.0 Å². The quantitative estimate of drug-likeness (QED) is 0.513. The molecule has 2 N–H and O–H groups in total. The molecule has 1 atom stereocenters. The molecule has 4 aliphatic rings. The first kappa shape index (κ1) is 23.4. The molecule has 0 unspecified atom stereocenters. The van der Waals surface area contributed by atoms with Crippen LogP contribution in [-0.2, 0) is 13.0 Å². The van der Waals surface area contributed by atoms with Crippen molar-refractivity contribution in [2.24, 2.45) is 5.41 Å². The Morgan fingerprint density at radius 1 is 1.06 bits per heavy atom. The van der Waals surface area contributed by atoms with Gasteiger partial charge in [0.05, 0.1) is 42.3 Å². The zero-order chi connectivity index (χ0) is 24.8. The number of rotatable bonds is 7. The maximum Gasteiger partial charge on any atom is 0.213 e. The summed E-state index contributed by atoms with van der Waals surface area (Å²) < 4.78 is 31.4. The second kappa shape index (κ2) is 9.12. The molecule has 0 saturated heterocycles. The highest BCUT2D eigenvalue weighted by molar-refractivity contribution is 5.78. The fourth-order valence-corrected chi connectivity index (χ4v) is 6.14. The lowest BCUT2D eigenvalue weighted by Gasteiger charge is -2.55. The minimum Gasteiger partial charge on any atom is -0.486 e. The predicted octanol–water partition coefficient (Wildman–Crippen LogP) is 3.73. The van der Waals surface area contributed by atoms with E-state index in [1.807, 2.05) is 6.07 Å². The molecule has 36 heavy (non-hydrogen) atoms. The standard InChI is InChI=1S/C27H31FN4O4/c1-34-24-3-2-20-25(32-24)18(19(28)15-30-20)13-23(33)26-4-7-27(8-5-26,9-6-26)31-14-17-12-21-22(16-29-17)36-11-10-35-21/h2-3,12,15-16,23,31,33H,4-11,13-14H2,1H3/t23-,26?,27?/m0/s1. The second-order valence-electron chi connectivity index (χ2n) is 10.3. The summed E-state index contributed by atoms with van der Waals surface area (Å²) in [6, 6.07) is 5.43. The van der Waals surface area contributed by atoms with Gasteiger partial charge in [-0.2, -0.15) is 0 Å². The van der Waals surface area contributed by atoms with Crippen LogP contribution in [-0.4, -0.2) is 52.0 Å². The van der Waals surface area contributed by atoms with Crippen LogP contribution in [0, 0.1) is 11.2 Å². The van der Waals surface area contributed by atoms with Crippen molar-refractivity contribution in [1.29, 1.82) is 0 Å². The molecular weight excluding hydrogens is 463 g/mol. The van der Waals surface area contributed by atoms with Gasteiger partial charge in [-0.25, -0.2) is 9.37 Å². The van der Waals surface area contributed by atoms with Crippen molar-refractivity contribution in [2.45, 2.75) is 63.1 Å². The number of aliphatic hydroxyl groups is 1. The van der Waals surface area contributed by atoms with E-state index in [-0.39, 0.29) is 17.4 Å². The second-order valence-corrected chi connectivity index (χ2v) is 10.3. The van der Waals surface area contributed by atoms with Crippen LogP contribution in [0.3, 0.4) is 0 Å². The first-order valence-electron chi connectivity index (χ1n) is 12.7. The highest BCUT2D eigenvalue weighted by atomic mass is 19.1. The van der Waals surface area contributed by atoms with E-state index in [0.717, 1.165) is 50.0 Å². The van der Waals surface area contributed by atoms with Crippen molar-refractivity contribution < 1.29 is 23.7 Å². The number of nitrogens with zero attached hydrogens (tertiary/aromatic N) is 3. The monoisotopic (exact) mass is 494 g/mol. The van der Waals surface area contributed by atoms with Crippen LogP contribution in [0.4, 0.5) is 4.39 Å². The molecule has 3 fully saturated rings. The van der Waals surface area contributed by atoms with Crippen LogP contribution >= 0.6 is 0 Å². The van der Waals surface area contributed by atoms with Crippen LogP contribution in [0.25, 0.3) is 11.0 Å². The van der Waals surface area contributed by atoms with E-state index >= 15 is 0 Å². The lowest BCUT2D eigenvalue weighted by atomic mass is 9.54. The number of halogens is 1. The summed E-state index contributed by atoms with van der Waals surface area (Å²) in [5.74, 6) is 1.42. The van der Waals surface area contributed by atoms with Crippen LogP contribution in [0.5, 0.6) is 17.4 Å². The molecular formula is C27H31FN4O4. The summed E-state index contributed by atoms with van der Waals surface area (Å²) in [4.78, 5) is 13.1. The third-order valence-electron chi connectivity index (χ3n) is 8.49. The van der Waals surface area contributed by atoms with Gasteiger partial charge in [0, 0.05) is 36.2 Å². The zero-order valence-electron chi connectivity index (χ0n) is 20.4. The third kappa shape index (κ3) is 4.14. The summed E-state index contributed by atoms with van der Waals surface area (Å²) in [7, 11) is 1.53. The van der Waals surface area contributed by atoms with E-state index in [4.69, 9.17) is 14.2 Å². The van der Waals surface area contributed by atoms with E-state index in [2.05, 4.69) is 20.3 Å². The Labute approximate surface area is 209 Å². The van der Waals surface area contributed by atoms with E-state index in [9.17, 15) is 9.50 Å². The molecule has 3 aromatic heterocycles. The number of methoxy groups -OCH3 is 1. The van der Waals surface area contributed by atoms with E-state index in [1.165, 1.54) is 13.3 Å². The average molecular weight is 495 g/mol. The number of hydrogen-bond donors (Lipinski definition) is 2. The minimum atomic E-state index is -0.650. The summed E-state index contributed by atoms with van der Waals surface area (Å²) >= 11 is 0. The number of hydrogen-bond acceptors (Lipinski definition) is 8. The first-order valence-corrected chi connectivity index (χ1v) is 12.7. The van der Waals surface area contributed by atoms with E-state index < -0.39 is 11.9 Å². The van der Waals surface area contributed by atoms with E-state index in [0.29, 0.717) is 48.0 Å². The molecule has 3 saturated carbocycles. The number of aromatic nitrogens is 3. The molecule has 0 radical (unpaired) electrons. The van der Waals surface area contributed by atoms with E-state index in [1.54, 1.807) is 18.3 Å². The van der Waals surface area contributed by atoms with Crippen molar-refractivity contribution >= 4 is 11.0 Å². The van der Waals surface area contributed by atoms with Crippen molar-refractivity contribution in [3.05, 3.63) is 47.7 Å². The lowest BCUT2D eigenvalue weighted by Crippen LogP contribution is -2.57. The Bertz CT molecular complexity index is 1260. The van der Waals surface area contributed by atoms with Crippen LogP contribution in [0.2, 0.25) is 0 Å². The van der Waals surface area contributed by atoms with Gasteiger partial charge in [0.1, 0.15) is 19.0 Å². The van der Waals surface area contributed by atoms with Crippen molar-refractivity contribution in [2.75, 3.05) is 20.3 Å². The lowest BCUT2D eigenvalue weighted by molar-refractivity contribution is -0.0702. The van der Waals surface area contributed by atoms with Crippen molar-refractivity contribution in [3.63, 3.8) is 0 Å². The normalized spacial score (nSPS) is 25.6. The maximum atomic E-state index is 14.9. The van der Waals surface area contributed by atoms with Gasteiger partial charge in [-0.3, -0.25) is 9.97 Å². The van der Waals surface area contributed by atoms with Crippen LogP contribution in [0.1, 0.15) is 49.8 Å². The molecule has 0 amide bonds. The number of fused-ring (bicyclic) bond motifs is 5. The molecule has 190 valence electrons. The Morgan fingerprint density at radius 2 is 1.81 bits per heavy atom. The Balaban J connectivity index is 1.13. The summed E-state index contributed by atoms with van der Waals surface area (Å²) in [5.41, 5.74) is 2.23. The fraction of sp³-hybridized carbons (Fsp3) is 0.519. The molecule has 0 spiro atoms. The maximum absolute atomic E-state index is 14.9. The van der Waals surface area contributed by atoms with Crippen LogP contribution in [0.15, 0.2) is 30.6 Å². The summed E-state index contributed by atoms with van der Waals surface area (Å²) in [6.45, 7) is 1.77. The largest absolute Gasteiger partial charge is 0.486 e. The molecule has 4 heterocycles. The van der Waals surface area contributed by atoms with Gasteiger partial charge in [0.25, 0.3) is 0 Å². The van der Waals surface area contributed by atoms with Gasteiger partial charge in [-0.1, -0.05) is 0 Å². The molecule has 3 aliphatic carbocycles. The molecule has 2 bridgehead atoms. The first-order chi connectivity index (χ1) is 17.5. The highest BCUT2D eigenvalue weighted by Crippen LogP contribution is 2.54. The molecule has 3 aromatic rings. The molecule has 9 heteroatoms. The molecule has 8 nitrogen and oxygen atoms in total. The minimum absolute atomic E-state index is 0.0416. The number of nitrogens with one attached hydrogen (secondary N) is 1. The average Bonchev–Trinajstić information content (AvgIpc) is 2.94. The topological polar surface area (TPSA) is 98.6 Å². The summed E-state index contributed by atoms with van der Waals surface area (Å²) in [5, 5.41) is 15.2. The molecule has 7 rings (SSSR count). The third-order valence-corrected chi connectivity index (χ3v) is 8.49. The smallest absolute Gasteiger partial charge is 0.213 e. The van der Waals surface area contributed by atoms with Gasteiger partial charge in [0.2, 0.25) is 5.88 Å². The number of pyridine rings is 3. The summed E-state index contributed by atoms with van der Waals surface area (Å²) in [6.07, 6.45) is 8.14. The number of aliphatic hydroxyl groups excluding tert-OH is 1. The van der Waals surface area contributed by atoms with Gasteiger partial charge < -0.3 is 24.6 Å². The van der Waals surface area contributed by atoms with Gasteiger partial charge in [-0.15, -0.1) is 0 Å². The Hall–Kier alpha value is -3.04. The fourth-order valence-electron chi connectivity index (χ4n) is 6.14. The van der Waals surface area contributed by atoms with Crippen LogP contribution < -0.4 is 19.5 Å². The zero-order valence-corrected chi connectivity index (χ0v) is 20.4. The van der Waals surface area contributed by atoms with Crippen molar-refractivity contribution in [1.82, 2.24) is 20.3 Å².